The van der Waals surface area contributed by atoms with E-state index < -0.39 is 10.0 Å². The molecule has 0 radical (unpaired) electrons. The van der Waals surface area contributed by atoms with E-state index in [0.717, 1.165) is 16.7 Å². The van der Waals surface area contributed by atoms with Gasteiger partial charge in [-0.05, 0) is 50.6 Å². The molecule has 0 fully saturated rings. The van der Waals surface area contributed by atoms with Crippen LogP contribution in [0.15, 0.2) is 41.4 Å². The van der Waals surface area contributed by atoms with Crippen molar-refractivity contribution in [2.24, 2.45) is 0 Å². The maximum Gasteiger partial charge on any atom is 0.241 e. The largest absolute Gasteiger partial charge is 0.309 e. The van der Waals surface area contributed by atoms with Gasteiger partial charge in [0.25, 0.3) is 0 Å². The lowest BCUT2D eigenvalue weighted by atomic mass is 10.2. The molecule has 0 unspecified atom stereocenters. The van der Waals surface area contributed by atoms with Crippen LogP contribution in [0, 0.1) is 6.92 Å². The Bertz CT molecular complexity index is 1030. The molecule has 25 heavy (non-hydrogen) atoms. The van der Waals surface area contributed by atoms with Gasteiger partial charge in [-0.2, -0.15) is 0 Å². The number of halogens is 1. The number of nitrogens with zero attached hydrogens (tertiary/aromatic N) is 3. The second-order valence-corrected chi connectivity index (χ2v) is 8.25. The van der Waals surface area contributed by atoms with E-state index in [-0.39, 0.29) is 17.5 Å². The van der Waals surface area contributed by atoms with Gasteiger partial charge >= 0.3 is 0 Å². The molecule has 2 aromatic heterocycles. The highest BCUT2D eigenvalue weighted by Crippen LogP contribution is 2.21. The number of sulfonamides is 1. The average Bonchev–Trinajstić information content (AvgIpc) is 2.94. The van der Waals surface area contributed by atoms with Gasteiger partial charge in [-0.15, -0.1) is 0 Å². The molecule has 3 aromatic rings. The van der Waals surface area contributed by atoms with Crippen LogP contribution in [0.5, 0.6) is 0 Å². The fraction of sp³-hybridized carbons (Fsp3) is 0.294. The average molecular weight is 379 g/mol. The van der Waals surface area contributed by atoms with E-state index in [1.165, 1.54) is 12.1 Å². The third kappa shape index (κ3) is 3.53. The van der Waals surface area contributed by atoms with E-state index in [2.05, 4.69) is 14.7 Å². The summed E-state index contributed by atoms with van der Waals surface area (Å²) in [6.45, 7) is 5.91. The highest BCUT2D eigenvalue weighted by Gasteiger charge is 2.19. The number of hydrogen-bond donors (Lipinski definition) is 1. The van der Waals surface area contributed by atoms with Crippen LogP contribution < -0.4 is 4.72 Å². The molecule has 0 aliphatic heterocycles. The Kier molecular flexibility index (Phi) is 4.81. The molecule has 0 saturated carbocycles. The molecule has 0 aliphatic rings. The fourth-order valence-electron chi connectivity index (χ4n) is 2.63. The van der Waals surface area contributed by atoms with E-state index in [9.17, 15) is 8.42 Å². The van der Waals surface area contributed by atoms with Crippen LogP contribution in [0.4, 0.5) is 0 Å². The molecule has 0 saturated heterocycles. The Morgan fingerprint density at radius 1 is 1.28 bits per heavy atom. The predicted molar refractivity (Wildman–Crippen MR) is 98.1 cm³/mol. The molecular formula is C17H19ClN4O2S. The van der Waals surface area contributed by atoms with Gasteiger partial charge in [-0.1, -0.05) is 17.7 Å². The monoisotopic (exact) mass is 378 g/mol. The van der Waals surface area contributed by atoms with Crippen LogP contribution in [0.2, 0.25) is 5.02 Å². The normalized spacial score (nSPS) is 12.2. The van der Waals surface area contributed by atoms with Crippen molar-refractivity contribution in [3.8, 4) is 0 Å². The minimum Gasteiger partial charge on any atom is -0.309 e. The lowest BCUT2D eigenvalue weighted by Crippen LogP contribution is -2.25. The van der Waals surface area contributed by atoms with Crippen LogP contribution in [0.1, 0.15) is 31.3 Å². The quantitative estimate of drug-likeness (QED) is 0.737. The van der Waals surface area contributed by atoms with Crippen molar-refractivity contribution in [1.82, 2.24) is 19.3 Å². The second kappa shape index (κ2) is 6.74. The van der Waals surface area contributed by atoms with E-state index in [0.29, 0.717) is 10.8 Å². The molecule has 3 rings (SSSR count). The van der Waals surface area contributed by atoms with Crippen molar-refractivity contribution in [2.75, 3.05) is 0 Å². The molecule has 0 aliphatic carbocycles. The van der Waals surface area contributed by atoms with Gasteiger partial charge in [0, 0.05) is 17.3 Å². The number of imidazole rings is 1. The summed E-state index contributed by atoms with van der Waals surface area (Å²) in [5.41, 5.74) is 2.31. The summed E-state index contributed by atoms with van der Waals surface area (Å²) in [6, 6.07) is 8.45. The van der Waals surface area contributed by atoms with Gasteiger partial charge in [0.05, 0.1) is 11.4 Å². The van der Waals surface area contributed by atoms with Gasteiger partial charge in [-0.3, -0.25) is 0 Å². The summed E-state index contributed by atoms with van der Waals surface area (Å²) in [4.78, 5) is 9.00. The SMILES string of the molecule is Cc1ccc(S(=O)(=O)NCc2nc3cccnc3n2C(C)C)cc1Cl. The number of hydrogen-bond acceptors (Lipinski definition) is 4. The van der Waals surface area contributed by atoms with Gasteiger partial charge in [-0.25, -0.2) is 23.1 Å². The lowest BCUT2D eigenvalue weighted by Gasteiger charge is -2.13. The van der Waals surface area contributed by atoms with Crippen molar-refractivity contribution < 1.29 is 8.42 Å². The van der Waals surface area contributed by atoms with Gasteiger partial charge in [0.15, 0.2) is 5.65 Å². The van der Waals surface area contributed by atoms with Crippen LogP contribution >= 0.6 is 11.6 Å². The molecule has 0 atom stereocenters. The van der Waals surface area contributed by atoms with Gasteiger partial charge < -0.3 is 4.57 Å². The fourth-order valence-corrected chi connectivity index (χ4v) is 3.88. The third-order valence-electron chi connectivity index (χ3n) is 3.91. The Hall–Kier alpha value is -1.96. The number of aryl methyl sites for hydroxylation is 1. The highest BCUT2D eigenvalue weighted by molar-refractivity contribution is 7.89. The maximum atomic E-state index is 12.5. The molecule has 6 nitrogen and oxygen atoms in total. The first kappa shape index (κ1) is 17.8. The standard InChI is InChI=1S/C17H19ClN4O2S/c1-11(2)22-16(21-15-5-4-8-19-17(15)22)10-20-25(23,24)13-7-6-12(3)14(18)9-13/h4-9,11,20H,10H2,1-3H3. The molecule has 2 heterocycles. The minimum absolute atomic E-state index is 0.0718. The Labute approximate surface area is 151 Å². The summed E-state index contributed by atoms with van der Waals surface area (Å²) in [6.07, 6.45) is 1.70. The third-order valence-corrected chi connectivity index (χ3v) is 5.72. The number of rotatable bonds is 5. The van der Waals surface area contributed by atoms with Crippen molar-refractivity contribution >= 4 is 32.8 Å². The summed E-state index contributed by atoms with van der Waals surface area (Å²) in [5, 5.41) is 0.418. The van der Waals surface area contributed by atoms with Crippen LogP contribution in [-0.2, 0) is 16.6 Å². The van der Waals surface area contributed by atoms with E-state index >= 15 is 0 Å². The van der Waals surface area contributed by atoms with E-state index in [4.69, 9.17) is 11.6 Å². The first-order chi connectivity index (χ1) is 11.8. The van der Waals surface area contributed by atoms with Crippen molar-refractivity contribution in [3.63, 3.8) is 0 Å². The van der Waals surface area contributed by atoms with Crippen LogP contribution in [-0.4, -0.2) is 23.0 Å². The number of pyridine rings is 1. The van der Waals surface area contributed by atoms with Crippen molar-refractivity contribution in [1.29, 1.82) is 0 Å². The number of fused-ring (bicyclic) bond motifs is 1. The summed E-state index contributed by atoms with van der Waals surface area (Å²) < 4.78 is 29.6. The predicted octanol–water partition coefficient (Wildman–Crippen LogP) is 3.45. The first-order valence-electron chi connectivity index (χ1n) is 7.87. The highest BCUT2D eigenvalue weighted by atomic mass is 35.5. The molecule has 0 amide bonds. The zero-order chi connectivity index (χ0) is 18.2. The number of aromatic nitrogens is 3. The zero-order valence-corrected chi connectivity index (χ0v) is 15.8. The number of nitrogens with one attached hydrogen (secondary N) is 1. The maximum absolute atomic E-state index is 12.5. The van der Waals surface area contributed by atoms with Crippen LogP contribution in [0.25, 0.3) is 11.2 Å². The smallest absolute Gasteiger partial charge is 0.241 e. The molecule has 132 valence electrons. The summed E-state index contributed by atoms with van der Waals surface area (Å²) in [5.74, 6) is 0.616. The molecule has 1 N–H and O–H groups in total. The van der Waals surface area contributed by atoms with Crippen LogP contribution in [0.3, 0.4) is 0 Å². The molecule has 0 spiro atoms. The molecule has 0 bridgehead atoms. The summed E-state index contributed by atoms with van der Waals surface area (Å²) in [7, 11) is -3.69. The molecule has 8 heteroatoms. The first-order valence-corrected chi connectivity index (χ1v) is 9.73. The van der Waals surface area contributed by atoms with Gasteiger partial charge in [0.2, 0.25) is 10.0 Å². The zero-order valence-electron chi connectivity index (χ0n) is 14.2. The second-order valence-electron chi connectivity index (χ2n) is 6.07. The summed E-state index contributed by atoms with van der Waals surface area (Å²) >= 11 is 6.04. The van der Waals surface area contributed by atoms with Crippen molar-refractivity contribution in [3.05, 3.63) is 52.9 Å². The van der Waals surface area contributed by atoms with Gasteiger partial charge in [0.1, 0.15) is 11.3 Å². The minimum atomic E-state index is -3.69. The lowest BCUT2D eigenvalue weighted by molar-refractivity contribution is 0.556. The topological polar surface area (TPSA) is 76.9 Å². The van der Waals surface area contributed by atoms with Crippen molar-refractivity contribution in [2.45, 2.75) is 38.3 Å². The number of benzene rings is 1. The molecule has 1 aromatic carbocycles. The Morgan fingerprint density at radius 3 is 2.72 bits per heavy atom. The van der Waals surface area contributed by atoms with E-state index in [1.54, 1.807) is 12.3 Å². The molecular weight excluding hydrogens is 360 g/mol. The Morgan fingerprint density at radius 2 is 2.04 bits per heavy atom. The Balaban J connectivity index is 1.91. The van der Waals surface area contributed by atoms with E-state index in [1.807, 2.05) is 37.5 Å².